The molecule has 2 rings (SSSR count). The van der Waals surface area contributed by atoms with E-state index in [0.29, 0.717) is 30.9 Å². The van der Waals surface area contributed by atoms with Crippen molar-refractivity contribution in [3.63, 3.8) is 0 Å². The second-order valence-electron chi connectivity index (χ2n) is 4.26. The summed E-state index contributed by atoms with van der Waals surface area (Å²) in [5.74, 6) is -0.250. The summed E-state index contributed by atoms with van der Waals surface area (Å²) in [5.41, 5.74) is 1.65. The number of aromatic amines is 1. The maximum Gasteiger partial charge on any atom is 0.307 e. The number of para-hydroxylation sites is 2. The number of rotatable bonds is 6. The normalized spacial score (nSPS) is 10.7. The molecule has 6 heteroatoms. The SMILES string of the molecule is CCOC(=O)CCNCc1nc2ccccc2[nH]c1=O. The highest BCUT2D eigenvalue weighted by molar-refractivity contribution is 5.73. The molecule has 106 valence electrons. The van der Waals surface area contributed by atoms with E-state index in [-0.39, 0.29) is 17.9 Å². The molecule has 0 aliphatic rings. The standard InChI is InChI=1S/C14H17N3O3/c1-2-20-13(18)7-8-15-9-12-14(19)17-11-6-4-3-5-10(11)16-12/h3-6,15H,2,7-9H2,1H3,(H,17,19). The Morgan fingerprint density at radius 3 is 3.00 bits per heavy atom. The Labute approximate surface area is 116 Å². The van der Waals surface area contributed by atoms with Crippen LogP contribution in [0.25, 0.3) is 11.0 Å². The van der Waals surface area contributed by atoms with Crippen molar-refractivity contribution in [2.45, 2.75) is 19.9 Å². The van der Waals surface area contributed by atoms with E-state index < -0.39 is 0 Å². The number of H-pyrrole nitrogens is 1. The minimum atomic E-state index is -0.250. The second kappa shape index (κ2) is 6.81. The van der Waals surface area contributed by atoms with Crippen LogP contribution in [0, 0.1) is 0 Å². The number of nitrogens with one attached hydrogen (secondary N) is 2. The maximum atomic E-state index is 11.8. The minimum absolute atomic E-state index is 0.215. The quantitative estimate of drug-likeness (QED) is 0.606. The predicted molar refractivity (Wildman–Crippen MR) is 75.3 cm³/mol. The monoisotopic (exact) mass is 275 g/mol. The van der Waals surface area contributed by atoms with Crippen LogP contribution in [0.5, 0.6) is 0 Å². The topological polar surface area (TPSA) is 84.1 Å². The molecule has 0 spiro atoms. The van der Waals surface area contributed by atoms with Gasteiger partial charge in [-0.15, -0.1) is 0 Å². The highest BCUT2D eigenvalue weighted by atomic mass is 16.5. The lowest BCUT2D eigenvalue weighted by Crippen LogP contribution is -2.25. The zero-order valence-corrected chi connectivity index (χ0v) is 11.3. The molecule has 0 saturated carbocycles. The van der Waals surface area contributed by atoms with Gasteiger partial charge in [-0.2, -0.15) is 0 Å². The zero-order valence-electron chi connectivity index (χ0n) is 11.3. The van der Waals surface area contributed by atoms with Gasteiger partial charge in [0.05, 0.1) is 24.1 Å². The molecular weight excluding hydrogens is 258 g/mol. The van der Waals surface area contributed by atoms with E-state index in [1.807, 2.05) is 24.3 Å². The van der Waals surface area contributed by atoms with Crippen molar-refractivity contribution in [1.29, 1.82) is 0 Å². The largest absolute Gasteiger partial charge is 0.466 e. The van der Waals surface area contributed by atoms with Crippen molar-refractivity contribution in [3.8, 4) is 0 Å². The first-order valence-electron chi connectivity index (χ1n) is 6.55. The smallest absolute Gasteiger partial charge is 0.307 e. The molecule has 2 aromatic rings. The molecule has 0 bridgehead atoms. The highest BCUT2D eigenvalue weighted by Gasteiger charge is 2.05. The molecule has 0 saturated heterocycles. The molecule has 0 fully saturated rings. The molecule has 0 radical (unpaired) electrons. The van der Waals surface area contributed by atoms with Crippen LogP contribution >= 0.6 is 0 Å². The first-order valence-corrected chi connectivity index (χ1v) is 6.55. The van der Waals surface area contributed by atoms with E-state index in [1.54, 1.807) is 6.92 Å². The lowest BCUT2D eigenvalue weighted by molar-refractivity contribution is -0.142. The van der Waals surface area contributed by atoms with Crippen molar-refractivity contribution in [1.82, 2.24) is 15.3 Å². The number of fused-ring (bicyclic) bond motifs is 1. The van der Waals surface area contributed by atoms with Crippen LogP contribution in [0.4, 0.5) is 0 Å². The van der Waals surface area contributed by atoms with Crippen LogP contribution in [0.3, 0.4) is 0 Å². The average Bonchev–Trinajstić information content (AvgIpc) is 2.44. The number of nitrogens with zero attached hydrogens (tertiary/aromatic N) is 1. The summed E-state index contributed by atoms with van der Waals surface area (Å²) in [4.78, 5) is 30.0. The first-order chi connectivity index (χ1) is 9.70. The number of hydrogen-bond acceptors (Lipinski definition) is 5. The Bertz CT molecular complexity index is 651. The Morgan fingerprint density at radius 1 is 1.40 bits per heavy atom. The molecule has 0 amide bonds. The third-order valence-corrected chi connectivity index (χ3v) is 2.77. The van der Waals surface area contributed by atoms with Crippen LogP contribution in [0.2, 0.25) is 0 Å². The predicted octanol–water partition coefficient (Wildman–Crippen LogP) is 0.966. The molecular formula is C14H17N3O3. The summed E-state index contributed by atoms with van der Waals surface area (Å²) in [6, 6.07) is 7.36. The first kappa shape index (κ1) is 14.2. The summed E-state index contributed by atoms with van der Waals surface area (Å²) >= 11 is 0. The fourth-order valence-corrected chi connectivity index (χ4v) is 1.82. The molecule has 1 aromatic heterocycles. The Morgan fingerprint density at radius 2 is 2.20 bits per heavy atom. The van der Waals surface area contributed by atoms with Gasteiger partial charge in [0.2, 0.25) is 0 Å². The molecule has 1 aromatic carbocycles. The molecule has 6 nitrogen and oxygen atoms in total. The van der Waals surface area contributed by atoms with Gasteiger partial charge in [0.1, 0.15) is 5.69 Å². The van der Waals surface area contributed by atoms with Gasteiger partial charge in [0.15, 0.2) is 0 Å². The van der Waals surface area contributed by atoms with Crippen LogP contribution < -0.4 is 10.9 Å². The van der Waals surface area contributed by atoms with Gasteiger partial charge >= 0.3 is 5.97 Å². The zero-order chi connectivity index (χ0) is 14.4. The summed E-state index contributed by atoms with van der Waals surface area (Å²) in [6.07, 6.45) is 0.277. The van der Waals surface area contributed by atoms with Crippen molar-refractivity contribution >= 4 is 17.0 Å². The number of ether oxygens (including phenoxy) is 1. The van der Waals surface area contributed by atoms with E-state index >= 15 is 0 Å². The van der Waals surface area contributed by atoms with Crippen molar-refractivity contribution in [2.75, 3.05) is 13.2 Å². The fraction of sp³-hybridized carbons (Fsp3) is 0.357. The maximum absolute atomic E-state index is 11.8. The summed E-state index contributed by atoms with van der Waals surface area (Å²) in [7, 11) is 0. The van der Waals surface area contributed by atoms with Crippen LogP contribution in [0.15, 0.2) is 29.1 Å². The van der Waals surface area contributed by atoms with Crippen LogP contribution in [-0.4, -0.2) is 29.1 Å². The third kappa shape index (κ3) is 3.64. The van der Waals surface area contributed by atoms with Crippen LogP contribution in [-0.2, 0) is 16.1 Å². The minimum Gasteiger partial charge on any atom is -0.466 e. The lowest BCUT2D eigenvalue weighted by Gasteiger charge is -2.05. The fourth-order valence-electron chi connectivity index (χ4n) is 1.82. The summed E-state index contributed by atoms with van der Waals surface area (Å²) in [6.45, 7) is 2.92. The number of benzene rings is 1. The van der Waals surface area contributed by atoms with E-state index in [4.69, 9.17) is 4.74 Å². The van der Waals surface area contributed by atoms with Gasteiger partial charge in [-0.3, -0.25) is 9.59 Å². The van der Waals surface area contributed by atoms with Gasteiger partial charge in [0, 0.05) is 13.1 Å². The molecule has 0 atom stereocenters. The number of aromatic nitrogens is 2. The van der Waals surface area contributed by atoms with Gasteiger partial charge in [-0.25, -0.2) is 4.98 Å². The van der Waals surface area contributed by atoms with Crippen LogP contribution in [0.1, 0.15) is 19.0 Å². The van der Waals surface area contributed by atoms with Crippen molar-refractivity contribution in [3.05, 3.63) is 40.3 Å². The second-order valence-corrected chi connectivity index (χ2v) is 4.26. The number of carbonyl (C=O) groups excluding carboxylic acids is 1. The molecule has 20 heavy (non-hydrogen) atoms. The van der Waals surface area contributed by atoms with E-state index in [2.05, 4.69) is 15.3 Å². The van der Waals surface area contributed by atoms with Gasteiger partial charge in [0.25, 0.3) is 5.56 Å². The number of hydrogen-bond donors (Lipinski definition) is 2. The van der Waals surface area contributed by atoms with E-state index in [0.717, 1.165) is 5.52 Å². The Hall–Kier alpha value is -2.21. The number of carbonyl (C=O) groups is 1. The summed E-state index contributed by atoms with van der Waals surface area (Å²) < 4.78 is 4.81. The van der Waals surface area contributed by atoms with Crippen molar-refractivity contribution in [2.24, 2.45) is 0 Å². The van der Waals surface area contributed by atoms with E-state index in [9.17, 15) is 9.59 Å². The highest BCUT2D eigenvalue weighted by Crippen LogP contribution is 2.05. The lowest BCUT2D eigenvalue weighted by atomic mass is 10.3. The molecule has 1 heterocycles. The molecule has 0 aliphatic heterocycles. The molecule has 2 N–H and O–H groups in total. The summed E-state index contributed by atoms with van der Waals surface area (Å²) in [5, 5.41) is 3.01. The van der Waals surface area contributed by atoms with Gasteiger partial charge in [-0.05, 0) is 19.1 Å². The molecule has 0 aliphatic carbocycles. The average molecular weight is 275 g/mol. The van der Waals surface area contributed by atoms with Gasteiger partial charge in [-0.1, -0.05) is 12.1 Å². The van der Waals surface area contributed by atoms with Gasteiger partial charge < -0.3 is 15.0 Å². The third-order valence-electron chi connectivity index (χ3n) is 2.77. The Balaban J connectivity index is 1.94. The number of esters is 1. The van der Waals surface area contributed by atoms with Crippen molar-refractivity contribution < 1.29 is 9.53 Å². The molecule has 0 unspecified atom stereocenters. The Kier molecular flexibility index (Phi) is 4.84. The van der Waals surface area contributed by atoms with E-state index in [1.165, 1.54) is 0 Å².